The number of carbonyl (C=O) groups excluding carboxylic acids is 1. The Balaban J connectivity index is 1.34. The number of hydrogen-bond donors (Lipinski definition) is 6. The monoisotopic (exact) mass is 624 g/mol. The molecule has 2 aliphatic rings. The molecule has 11 nitrogen and oxygen atoms in total. The van der Waals surface area contributed by atoms with E-state index in [1.165, 1.54) is 29.5 Å². The number of carbonyl (C=O) groups is 1. The molecule has 14 heteroatoms. The Hall–Kier alpha value is -4.01. The van der Waals surface area contributed by atoms with Crippen LogP contribution in [-0.4, -0.2) is 66.5 Å². The number of benzene rings is 1. The topological polar surface area (TPSA) is 157 Å². The van der Waals surface area contributed by atoms with E-state index in [0.717, 1.165) is 28.8 Å². The number of pyridine rings is 1. The first-order valence-electron chi connectivity index (χ1n) is 14.6. The van der Waals surface area contributed by atoms with Gasteiger partial charge in [-0.25, -0.2) is 23.5 Å². The fourth-order valence-electron chi connectivity index (χ4n) is 5.48. The molecule has 2 aliphatic carbocycles. The van der Waals surface area contributed by atoms with Crippen molar-refractivity contribution in [3.05, 3.63) is 59.0 Å². The summed E-state index contributed by atoms with van der Waals surface area (Å²) in [5.74, 6) is -0.570. The Labute approximate surface area is 256 Å². The predicted molar refractivity (Wildman–Crippen MR) is 163 cm³/mol. The lowest BCUT2D eigenvalue weighted by Crippen LogP contribution is -2.48. The van der Waals surface area contributed by atoms with Gasteiger partial charge in [-0.3, -0.25) is 4.98 Å². The fourth-order valence-corrected chi connectivity index (χ4v) is 6.55. The van der Waals surface area contributed by atoms with Crippen LogP contribution in [0.15, 0.2) is 30.5 Å². The summed E-state index contributed by atoms with van der Waals surface area (Å²) in [6.07, 6.45) is 1.68. The molecule has 0 spiro atoms. The zero-order valence-corrected chi connectivity index (χ0v) is 25.3. The maximum Gasteiger partial charge on any atom is 0.315 e. The number of aromatic nitrogens is 4. The molecule has 232 valence electrons. The van der Waals surface area contributed by atoms with Gasteiger partial charge in [-0.05, 0) is 58.2 Å². The second-order valence-electron chi connectivity index (χ2n) is 11.6. The van der Waals surface area contributed by atoms with Crippen LogP contribution in [0, 0.1) is 18.6 Å². The Bertz CT molecular complexity index is 1680. The molecule has 0 bridgehead atoms. The van der Waals surface area contributed by atoms with Gasteiger partial charge in [0.2, 0.25) is 5.95 Å². The van der Waals surface area contributed by atoms with Gasteiger partial charge in [0.25, 0.3) is 0 Å². The molecule has 2 fully saturated rings. The highest BCUT2D eigenvalue weighted by Crippen LogP contribution is 2.44. The van der Waals surface area contributed by atoms with E-state index in [9.17, 15) is 23.8 Å². The largest absolute Gasteiger partial charge is 0.388 e. The SMILES string of the molecule is Cc1nc(NCc2c(F)cccc2F)nc(N[C@@H]2C[C@H](NC(=O)NC(C)C)[C@@H](O)[C@H]2O)c1-c1nc2c(C3CC3)nccc2s1. The number of aliphatic hydroxyl groups is 2. The van der Waals surface area contributed by atoms with Gasteiger partial charge in [-0.15, -0.1) is 11.3 Å². The van der Waals surface area contributed by atoms with Crippen LogP contribution in [0.1, 0.15) is 56.0 Å². The highest BCUT2D eigenvalue weighted by Gasteiger charge is 2.43. The van der Waals surface area contributed by atoms with E-state index in [1.807, 2.05) is 19.9 Å². The number of fused-ring (bicyclic) bond motifs is 1. The zero-order chi connectivity index (χ0) is 31.1. The maximum absolute atomic E-state index is 14.3. The number of aliphatic hydroxyl groups excluding tert-OH is 2. The van der Waals surface area contributed by atoms with Crippen LogP contribution in [0.2, 0.25) is 0 Å². The van der Waals surface area contributed by atoms with Crippen molar-refractivity contribution >= 4 is 39.4 Å². The molecule has 6 N–H and O–H groups in total. The molecule has 44 heavy (non-hydrogen) atoms. The van der Waals surface area contributed by atoms with Crippen molar-refractivity contribution < 1.29 is 23.8 Å². The smallest absolute Gasteiger partial charge is 0.315 e. The molecule has 0 radical (unpaired) electrons. The Kier molecular flexibility index (Phi) is 8.31. The maximum atomic E-state index is 14.3. The van der Waals surface area contributed by atoms with Gasteiger partial charge in [0.05, 0.1) is 33.7 Å². The van der Waals surface area contributed by atoms with Crippen LogP contribution in [0.5, 0.6) is 0 Å². The first-order valence-corrected chi connectivity index (χ1v) is 15.4. The van der Waals surface area contributed by atoms with Crippen LogP contribution >= 0.6 is 11.3 Å². The zero-order valence-electron chi connectivity index (χ0n) is 24.4. The number of thiazole rings is 1. The first-order chi connectivity index (χ1) is 21.1. The quantitative estimate of drug-likeness (QED) is 0.161. The second kappa shape index (κ2) is 12.2. The van der Waals surface area contributed by atoms with Crippen LogP contribution < -0.4 is 21.3 Å². The standard InChI is InChI=1S/C30H34F2N8O3S/c1-13(2)35-30(43)38-20-11-19(25(41)26(20)42)37-27-22(28-39-24-21(44-28)9-10-33-23(24)15-7-8-15)14(3)36-29(40-27)34-12-16-17(31)5-4-6-18(16)32/h4-6,9-10,13,15,19-20,25-26,41-42H,7-8,11-12H2,1-3H3,(H2,35,38,43)(H2,34,36,37,40)/t19-,20+,25+,26-/m1/s1. The van der Waals surface area contributed by atoms with E-state index < -0.39 is 42.0 Å². The molecule has 6 rings (SSSR count). The van der Waals surface area contributed by atoms with Gasteiger partial charge in [0.1, 0.15) is 40.2 Å². The molecule has 0 aliphatic heterocycles. The van der Waals surface area contributed by atoms with E-state index in [0.29, 0.717) is 28.0 Å². The second-order valence-corrected chi connectivity index (χ2v) is 12.6. The minimum absolute atomic E-state index is 0.104. The third-order valence-electron chi connectivity index (χ3n) is 7.83. The Morgan fingerprint density at radius 3 is 2.50 bits per heavy atom. The van der Waals surface area contributed by atoms with Gasteiger partial charge in [-0.1, -0.05) is 6.07 Å². The molecule has 4 atom stereocenters. The van der Waals surface area contributed by atoms with Crippen molar-refractivity contribution in [1.82, 2.24) is 30.6 Å². The lowest BCUT2D eigenvalue weighted by Gasteiger charge is -2.21. The van der Waals surface area contributed by atoms with Crippen LogP contribution in [-0.2, 0) is 6.54 Å². The number of aryl methyl sites for hydroxylation is 1. The third kappa shape index (κ3) is 6.14. The lowest BCUT2D eigenvalue weighted by atomic mass is 10.1. The highest BCUT2D eigenvalue weighted by molar-refractivity contribution is 7.21. The van der Waals surface area contributed by atoms with Crippen molar-refractivity contribution in [2.75, 3.05) is 10.6 Å². The Morgan fingerprint density at radius 1 is 1.07 bits per heavy atom. The van der Waals surface area contributed by atoms with Crippen molar-refractivity contribution in [2.45, 2.75) is 82.8 Å². The van der Waals surface area contributed by atoms with Crippen LogP contribution in [0.4, 0.5) is 25.3 Å². The summed E-state index contributed by atoms with van der Waals surface area (Å²) in [6, 6.07) is 3.60. The van der Waals surface area contributed by atoms with E-state index in [-0.39, 0.29) is 30.5 Å². The van der Waals surface area contributed by atoms with Gasteiger partial charge < -0.3 is 31.5 Å². The van der Waals surface area contributed by atoms with E-state index in [4.69, 9.17) is 4.98 Å². The van der Waals surface area contributed by atoms with E-state index >= 15 is 0 Å². The lowest BCUT2D eigenvalue weighted by molar-refractivity contribution is 0.0281. The van der Waals surface area contributed by atoms with Gasteiger partial charge in [0.15, 0.2) is 0 Å². The number of rotatable bonds is 9. The number of amides is 2. The molecule has 4 aromatic rings. The number of nitrogens with zero attached hydrogens (tertiary/aromatic N) is 4. The third-order valence-corrected chi connectivity index (χ3v) is 8.87. The number of halogens is 2. The summed E-state index contributed by atoms with van der Waals surface area (Å²) in [4.78, 5) is 31.1. The van der Waals surface area contributed by atoms with Crippen LogP contribution in [0.3, 0.4) is 0 Å². The van der Waals surface area contributed by atoms with Crippen molar-refractivity contribution in [2.24, 2.45) is 0 Å². The molecular formula is C30H34F2N8O3S. The first kappa shape index (κ1) is 30.0. The number of urea groups is 1. The minimum atomic E-state index is -1.23. The van der Waals surface area contributed by atoms with Gasteiger partial charge >= 0.3 is 6.03 Å². The Morgan fingerprint density at radius 2 is 1.80 bits per heavy atom. The summed E-state index contributed by atoms with van der Waals surface area (Å²) in [5, 5.41) is 34.0. The average molecular weight is 625 g/mol. The van der Waals surface area contributed by atoms with Gasteiger partial charge in [0, 0.05) is 30.3 Å². The molecular weight excluding hydrogens is 590 g/mol. The van der Waals surface area contributed by atoms with Crippen LogP contribution in [0.25, 0.3) is 20.8 Å². The summed E-state index contributed by atoms with van der Waals surface area (Å²) in [7, 11) is 0. The number of hydrogen-bond acceptors (Lipinski definition) is 10. The molecule has 3 heterocycles. The number of nitrogens with one attached hydrogen (secondary N) is 4. The molecule has 2 amide bonds. The molecule has 3 aromatic heterocycles. The van der Waals surface area contributed by atoms with Gasteiger partial charge in [-0.2, -0.15) is 4.98 Å². The van der Waals surface area contributed by atoms with E-state index in [1.54, 1.807) is 13.1 Å². The summed E-state index contributed by atoms with van der Waals surface area (Å²) < 4.78 is 29.6. The fraction of sp³-hybridized carbons (Fsp3) is 0.433. The normalized spacial score (nSPS) is 21.5. The highest BCUT2D eigenvalue weighted by atomic mass is 32.1. The van der Waals surface area contributed by atoms with Crippen molar-refractivity contribution in [1.29, 1.82) is 0 Å². The predicted octanol–water partition coefficient (Wildman–Crippen LogP) is 4.21. The van der Waals surface area contributed by atoms with Crippen molar-refractivity contribution in [3.8, 4) is 10.6 Å². The summed E-state index contributed by atoms with van der Waals surface area (Å²) in [6.45, 7) is 5.22. The summed E-state index contributed by atoms with van der Waals surface area (Å²) >= 11 is 1.46. The molecule has 0 unspecified atom stereocenters. The minimum Gasteiger partial charge on any atom is -0.388 e. The van der Waals surface area contributed by atoms with E-state index in [2.05, 4.69) is 36.2 Å². The number of anilines is 2. The molecule has 2 saturated carbocycles. The molecule has 1 aromatic carbocycles. The average Bonchev–Trinajstić information content (AvgIpc) is 3.67. The van der Waals surface area contributed by atoms with Crippen molar-refractivity contribution in [3.63, 3.8) is 0 Å². The summed E-state index contributed by atoms with van der Waals surface area (Å²) in [5.41, 5.74) is 2.77. The molecule has 0 saturated heterocycles.